The molecular weight excluding hydrogens is 340 g/mol. The van der Waals surface area contributed by atoms with Gasteiger partial charge in [-0.1, -0.05) is 30.3 Å². The number of nitrogens with zero attached hydrogens (tertiary/aromatic N) is 2. The Labute approximate surface area is 153 Å². The first-order valence-corrected chi connectivity index (χ1v) is 8.09. The van der Waals surface area contributed by atoms with Crippen LogP contribution in [0, 0.1) is 13.8 Å². The highest BCUT2D eigenvalue weighted by atomic mass is 35.5. The molecule has 0 bridgehead atoms. The van der Waals surface area contributed by atoms with Gasteiger partial charge in [0.2, 0.25) is 5.91 Å². The van der Waals surface area contributed by atoms with Crippen LogP contribution in [0.15, 0.2) is 35.1 Å². The van der Waals surface area contributed by atoms with E-state index in [4.69, 9.17) is 5.73 Å². The number of H-pyrrole nitrogens is 1. The van der Waals surface area contributed by atoms with E-state index in [0.29, 0.717) is 36.7 Å². The molecular formula is C18H25ClN4O2. The highest BCUT2D eigenvalue weighted by molar-refractivity contribution is 5.85. The number of halogens is 1. The van der Waals surface area contributed by atoms with Crippen LogP contribution < -0.4 is 11.3 Å². The van der Waals surface area contributed by atoms with Gasteiger partial charge in [-0.25, -0.2) is 4.98 Å². The van der Waals surface area contributed by atoms with E-state index < -0.39 is 0 Å². The molecule has 0 aliphatic heterocycles. The van der Waals surface area contributed by atoms with E-state index in [-0.39, 0.29) is 30.3 Å². The van der Waals surface area contributed by atoms with Gasteiger partial charge in [-0.3, -0.25) is 9.59 Å². The van der Waals surface area contributed by atoms with Gasteiger partial charge in [-0.2, -0.15) is 0 Å². The van der Waals surface area contributed by atoms with Crippen LogP contribution in [0.4, 0.5) is 0 Å². The molecule has 0 radical (unpaired) electrons. The fourth-order valence-electron chi connectivity index (χ4n) is 2.65. The number of hydrogen-bond donors (Lipinski definition) is 2. The fourth-order valence-corrected chi connectivity index (χ4v) is 2.65. The van der Waals surface area contributed by atoms with Crippen molar-refractivity contribution in [3.05, 3.63) is 63.3 Å². The highest BCUT2D eigenvalue weighted by Gasteiger charge is 2.17. The van der Waals surface area contributed by atoms with E-state index in [1.165, 1.54) is 5.56 Å². The Hall–Kier alpha value is -2.18. The summed E-state index contributed by atoms with van der Waals surface area (Å²) in [6.45, 7) is 4.92. The summed E-state index contributed by atoms with van der Waals surface area (Å²) in [4.78, 5) is 33.3. The molecule has 0 saturated heterocycles. The lowest BCUT2D eigenvalue weighted by Gasteiger charge is -2.22. The molecule has 0 aliphatic rings. The summed E-state index contributed by atoms with van der Waals surface area (Å²) in [5, 5.41) is 0. The second-order valence-electron chi connectivity index (χ2n) is 5.80. The summed E-state index contributed by atoms with van der Waals surface area (Å²) >= 11 is 0. The number of rotatable bonds is 7. The smallest absolute Gasteiger partial charge is 0.254 e. The number of aryl methyl sites for hydroxylation is 2. The zero-order valence-electron chi connectivity index (χ0n) is 14.6. The van der Waals surface area contributed by atoms with Crippen LogP contribution >= 0.6 is 12.4 Å². The molecule has 2 aromatic rings. The molecule has 25 heavy (non-hydrogen) atoms. The number of hydrogen-bond acceptors (Lipinski definition) is 4. The Morgan fingerprint density at radius 1 is 1.20 bits per heavy atom. The monoisotopic (exact) mass is 364 g/mol. The summed E-state index contributed by atoms with van der Waals surface area (Å²) in [5.41, 5.74) is 7.58. The molecule has 0 atom stereocenters. The highest BCUT2D eigenvalue weighted by Crippen LogP contribution is 2.06. The molecule has 1 amide bonds. The van der Waals surface area contributed by atoms with Crippen molar-refractivity contribution in [1.29, 1.82) is 0 Å². The van der Waals surface area contributed by atoms with E-state index in [1.54, 1.807) is 18.7 Å². The molecule has 1 aromatic heterocycles. The number of carbonyl (C=O) groups is 1. The SMILES string of the molecule is Cc1nc(C)c(CC(=O)N(CCN)CCc2ccccc2)c(=O)[nH]1.Cl. The minimum atomic E-state index is -0.246. The van der Waals surface area contributed by atoms with Crippen molar-refractivity contribution in [3.63, 3.8) is 0 Å². The lowest BCUT2D eigenvalue weighted by molar-refractivity contribution is -0.130. The van der Waals surface area contributed by atoms with Crippen LogP contribution in [0.25, 0.3) is 0 Å². The van der Waals surface area contributed by atoms with Crippen LogP contribution in [0.3, 0.4) is 0 Å². The van der Waals surface area contributed by atoms with Crippen LogP contribution in [0.1, 0.15) is 22.6 Å². The van der Waals surface area contributed by atoms with Gasteiger partial charge in [-0.15, -0.1) is 12.4 Å². The predicted octanol–water partition coefficient (Wildman–Crippen LogP) is 1.38. The summed E-state index contributed by atoms with van der Waals surface area (Å²) in [5.74, 6) is 0.451. The lowest BCUT2D eigenvalue weighted by atomic mass is 10.1. The zero-order chi connectivity index (χ0) is 17.5. The Morgan fingerprint density at radius 3 is 2.48 bits per heavy atom. The molecule has 0 aliphatic carbocycles. The fraction of sp³-hybridized carbons (Fsp3) is 0.389. The molecule has 0 saturated carbocycles. The molecule has 1 heterocycles. The maximum Gasteiger partial charge on any atom is 0.254 e. The van der Waals surface area contributed by atoms with Gasteiger partial charge >= 0.3 is 0 Å². The number of nitrogens with two attached hydrogens (primary N) is 1. The summed E-state index contributed by atoms with van der Waals surface area (Å²) < 4.78 is 0. The third-order valence-electron chi connectivity index (χ3n) is 3.93. The third kappa shape index (κ3) is 5.99. The van der Waals surface area contributed by atoms with E-state index in [9.17, 15) is 9.59 Å². The molecule has 0 fully saturated rings. The first kappa shape index (κ1) is 20.9. The van der Waals surface area contributed by atoms with Crippen molar-refractivity contribution in [1.82, 2.24) is 14.9 Å². The first-order valence-electron chi connectivity index (χ1n) is 8.09. The van der Waals surface area contributed by atoms with Gasteiger partial charge < -0.3 is 15.6 Å². The minimum absolute atomic E-state index is 0. The number of benzene rings is 1. The van der Waals surface area contributed by atoms with Crippen molar-refractivity contribution >= 4 is 18.3 Å². The Balaban J connectivity index is 0.00000312. The molecule has 7 heteroatoms. The average Bonchev–Trinajstić information content (AvgIpc) is 2.55. The van der Waals surface area contributed by atoms with E-state index in [1.807, 2.05) is 30.3 Å². The van der Waals surface area contributed by atoms with Gasteiger partial charge in [0.05, 0.1) is 6.42 Å². The van der Waals surface area contributed by atoms with Gasteiger partial charge in [-0.05, 0) is 25.8 Å². The zero-order valence-corrected chi connectivity index (χ0v) is 15.4. The van der Waals surface area contributed by atoms with E-state index in [0.717, 1.165) is 6.42 Å². The van der Waals surface area contributed by atoms with Gasteiger partial charge in [0.15, 0.2) is 0 Å². The van der Waals surface area contributed by atoms with Gasteiger partial charge in [0.25, 0.3) is 5.56 Å². The lowest BCUT2D eigenvalue weighted by Crippen LogP contribution is -2.39. The third-order valence-corrected chi connectivity index (χ3v) is 3.93. The molecule has 2 rings (SSSR count). The van der Waals surface area contributed by atoms with Gasteiger partial charge in [0, 0.05) is 30.9 Å². The van der Waals surface area contributed by atoms with Gasteiger partial charge in [0.1, 0.15) is 5.82 Å². The Kier molecular flexibility index (Phi) is 8.31. The topological polar surface area (TPSA) is 92.1 Å². The normalized spacial score (nSPS) is 10.2. The quantitative estimate of drug-likeness (QED) is 0.776. The minimum Gasteiger partial charge on any atom is -0.341 e. The van der Waals surface area contributed by atoms with E-state index >= 15 is 0 Å². The van der Waals surface area contributed by atoms with Crippen LogP contribution in [0.5, 0.6) is 0 Å². The molecule has 3 N–H and O–H groups in total. The number of amides is 1. The Bertz CT molecular complexity index is 746. The average molecular weight is 365 g/mol. The van der Waals surface area contributed by atoms with Crippen molar-refractivity contribution in [2.75, 3.05) is 19.6 Å². The maximum atomic E-state index is 12.6. The Morgan fingerprint density at radius 2 is 1.88 bits per heavy atom. The number of aromatic amines is 1. The number of aromatic nitrogens is 2. The second kappa shape index (κ2) is 9.96. The maximum absolute atomic E-state index is 12.6. The number of carbonyl (C=O) groups excluding carboxylic acids is 1. The molecule has 6 nitrogen and oxygen atoms in total. The van der Waals surface area contributed by atoms with Crippen LogP contribution in [-0.2, 0) is 17.6 Å². The first-order chi connectivity index (χ1) is 11.5. The largest absolute Gasteiger partial charge is 0.341 e. The molecule has 136 valence electrons. The molecule has 0 unspecified atom stereocenters. The number of nitrogens with one attached hydrogen (secondary N) is 1. The molecule has 1 aromatic carbocycles. The second-order valence-corrected chi connectivity index (χ2v) is 5.80. The van der Waals surface area contributed by atoms with Crippen molar-refractivity contribution in [2.24, 2.45) is 5.73 Å². The van der Waals surface area contributed by atoms with Crippen LogP contribution in [0.2, 0.25) is 0 Å². The van der Waals surface area contributed by atoms with E-state index in [2.05, 4.69) is 9.97 Å². The van der Waals surface area contributed by atoms with Crippen molar-refractivity contribution < 1.29 is 4.79 Å². The molecule has 0 spiro atoms. The summed E-state index contributed by atoms with van der Waals surface area (Å²) in [6, 6.07) is 9.98. The summed E-state index contributed by atoms with van der Waals surface area (Å²) in [7, 11) is 0. The van der Waals surface area contributed by atoms with Crippen molar-refractivity contribution in [2.45, 2.75) is 26.7 Å². The summed E-state index contributed by atoms with van der Waals surface area (Å²) in [6.07, 6.45) is 0.803. The predicted molar refractivity (Wildman–Crippen MR) is 101 cm³/mol. The standard InChI is InChI=1S/C18H24N4O2.ClH/c1-13-16(18(24)21-14(2)20-13)12-17(23)22(11-9-19)10-8-15-6-4-3-5-7-15;/h3-7H,8-12,19H2,1-2H3,(H,20,21,24);1H. The van der Waals surface area contributed by atoms with Crippen LogP contribution in [-0.4, -0.2) is 40.4 Å². The van der Waals surface area contributed by atoms with Crippen molar-refractivity contribution in [3.8, 4) is 0 Å².